The molecule has 8 aliphatic rings. The fourth-order valence-corrected chi connectivity index (χ4v) is 14.5. The zero-order valence-corrected chi connectivity index (χ0v) is 43.8. The van der Waals surface area contributed by atoms with Gasteiger partial charge in [0.25, 0.3) is 0 Å². The molecule has 12 unspecified atom stereocenters. The van der Waals surface area contributed by atoms with Gasteiger partial charge < -0.3 is 119 Å². The first-order chi connectivity index (χ1) is 36.6. The molecule has 9 rings (SSSR count). The SMILES string of the molecule is COc1ccc(OC)c(C2CC3C4CC=C5CC(OC6O/C(=C/O[C@H]7O[C@H](CO)[C@@H](O)[C@H](O)[C@H]7O)[C@@H](O)[C@H](O)[C@H]6O)CCC5(C)C4CCC3(C)C2C(C)OC2OC(CO[C@H]3O[C@H](CO)[C@@H](O)[C@H](O)[C@H]3O)[C@@H](O)[C@H](O)[C@H]2O)c1. The van der Waals surface area contributed by atoms with Gasteiger partial charge in [0.05, 0.1) is 46.2 Å². The molecule has 24 heteroatoms. The zero-order valence-electron chi connectivity index (χ0n) is 43.8. The monoisotopic (exact) mass is 1100 g/mol. The Morgan fingerprint density at radius 1 is 0.675 bits per heavy atom. The summed E-state index contributed by atoms with van der Waals surface area (Å²) in [5.41, 5.74) is 1.54. The molecular formula is C53H80O24. The number of ether oxygens (including phenoxy) is 10. The van der Waals surface area contributed by atoms with Gasteiger partial charge >= 0.3 is 0 Å². The van der Waals surface area contributed by atoms with Gasteiger partial charge in [0, 0.05) is 5.56 Å². The summed E-state index contributed by atoms with van der Waals surface area (Å²) in [4.78, 5) is 0. The number of benzene rings is 1. The summed E-state index contributed by atoms with van der Waals surface area (Å²) in [6.45, 7) is 4.63. The zero-order chi connectivity index (χ0) is 55.6. The Balaban J connectivity index is 0.916. The van der Waals surface area contributed by atoms with Gasteiger partial charge in [-0.05, 0) is 110 Å². The molecule has 14 N–H and O–H groups in total. The normalized spacial score (nSPS) is 48.9. The van der Waals surface area contributed by atoms with Crippen LogP contribution in [-0.4, -0.2) is 234 Å². The van der Waals surface area contributed by atoms with Crippen LogP contribution in [0.5, 0.6) is 11.5 Å². The van der Waals surface area contributed by atoms with Crippen molar-refractivity contribution in [2.24, 2.45) is 34.5 Å². The predicted molar refractivity (Wildman–Crippen MR) is 261 cm³/mol. The second-order valence-electron chi connectivity index (χ2n) is 22.9. The van der Waals surface area contributed by atoms with Crippen LogP contribution in [0.3, 0.4) is 0 Å². The minimum absolute atomic E-state index is 0.153. The van der Waals surface area contributed by atoms with Gasteiger partial charge in [-0.2, -0.15) is 0 Å². The molecule has 0 amide bonds. The molecule has 4 heterocycles. The maximum atomic E-state index is 11.4. The third-order valence-electron chi connectivity index (χ3n) is 18.8. The fraction of sp³-hybridized carbons (Fsp3) is 0.811. The van der Waals surface area contributed by atoms with E-state index in [1.807, 2.05) is 25.1 Å². The summed E-state index contributed by atoms with van der Waals surface area (Å²) >= 11 is 0. The summed E-state index contributed by atoms with van der Waals surface area (Å²) in [7, 11) is 3.21. The van der Waals surface area contributed by atoms with Crippen molar-refractivity contribution in [3.63, 3.8) is 0 Å². The molecule has 24 nitrogen and oxygen atoms in total. The lowest BCUT2D eigenvalue weighted by atomic mass is 9.47. The van der Waals surface area contributed by atoms with Gasteiger partial charge in [0.2, 0.25) is 12.6 Å². The number of hydrogen-bond donors (Lipinski definition) is 14. The molecule has 1 aromatic rings. The third kappa shape index (κ3) is 10.8. The minimum Gasteiger partial charge on any atom is -0.497 e. The van der Waals surface area contributed by atoms with E-state index in [1.54, 1.807) is 14.2 Å². The van der Waals surface area contributed by atoms with Crippen LogP contribution in [-0.2, 0) is 37.9 Å². The van der Waals surface area contributed by atoms with E-state index < -0.39 is 149 Å². The molecule has 0 radical (unpaired) electrons. The van der Waals surface area contributed by atoms with Crippen LogP contribution in [0.25, 0.3) is 0 Å². The Kier molecular flexibility index (Phi) is 17.9. The van der Waals surface area contributed by atoms with Crippen molar-refractivity contribution in [2.75, 3.05) is 34.0 Å². The number of hydrogen-bond acceptors (Lipinski definition) is 24. The van der Waals surface area contributed by atoms with Crippen molar-refractivity contribution in [3.8, 4) is 11.5 Å². The highest BCUT2D eigenvalue weighted by Crippen LogP contribution is 2.70. The summed E-state index contributed by atoms with van der Waals surface area (Å²) in [5, 5.41) is 148. The molecule has 1 aromatic carbocycles. The van der Waals surface area contributed by atoms with E-state index in [2.05, 4.69) is 19.9 Å². The Hall–Kier alpha value is -2.90. The summed E-state index contributed by atoms with van der Waals surface area (Å²) in [6, 6.07) is 5.70. The first-order valence-corrected chi connectivity index (χ1v) is 26.8. The van der Waals surface area contributed by atoms with Crippen molar-refractivity contribution in [3.05, 3.63) is 47.4 Å². The van der Waals surface area contributed by atoms with E-state index in [1.165, 1.54) is 5.57 Å². The van der Waals surface area contributed by atoms with Crippen LogP contribution in [0.1, 0.15) is 77.2 Å². The summed E-state index contributed by atoms with van der Waals surface area (Å²) in [6.07, 6.45) is -23.3. The van der Waals surface area contributed by atoms with Crippen LogP contribution in [0, 0.1) is 34.5 Å². The third-order valence-corrected chi connectivity index (χ3v) is 18.8. The van der Waals surface area contributed by atoms with Crippen molar-refractivity contribution in [1.82, 2.24) is 0 Å². The van der Waals surface area contributed by atoms with E-state index in [-0.39, 0.29) is 46.2 Å². The first-order valence-electron chi connectivity index (χ1n) is 26.8. The minimum atomic E-state index is -1.77. The molecule has 0 aromatic heterocycles. The molecular weight excluding hydrogens is 1020 g/mol. The fourth-order valence-electron chi connectivity index (χ4n) is 14.5. The Bertz CT molecular complexity index is 2220. The van der Waals surface area contributed by atoms with Crippen LogP contribution in [0.15, 0.2) is 41.9 Å². The molecule has 4 saturated heterocycles. The quantitative estimate of drug-likeness (QED) is 0.0637. The van der Waals surface area contributed by atoms with Crippen LogP contribution < -0.4 is 9.47 Å². The van der Waals surface area contributed by atoms with Gasteiger partial charge in [0.15, 0.2) is 18.3 Å². The van der Waals surface area contributed by atoms with Crippen LogP contribution in [0.2, 0.25) is 0 Å². The van der Waals surface area contributed by atoms with Crippen molar-refractivity contribution in [1.29, 1.82) is 0 Å². The standard InChI is InChI=1S/C53H80O24/c1-21(72-50-46(66)42(62)38(58)33(76-50)19-70-48-44(64)40(60)36(56)31(17-54)74-48)35-27(26-15-23(68-4)7-9-30(26)69-5)16-29-25-8-6-22-14-24(10-12-52(22,2)28(25)11-13-53(29,35)3)73-51-47(67)43(63)39(59)34(77-51)20-71-49-45(65)41(61)37(57)32(18-55)75-49/h6-7,9,15,20-21,24-25,27-29,31-33,35-51,54-67H,8,10-14,16-19H2,1-5H3/b34-20+/t21?,24?,25?,27?,28?,29?,31-,32-,33?,35?,36-,37-,38-,39-,40+,41+,42+,43+,44-,45-,46-,47-,48+,49+,50?,51?,52?,53?/m1/s1. The topological polar surface area (TPSA) is 376 Å². The Morgan fingerprint density at radius 3 is 1.94 bits per heavy atom. The summed E-state index contributed by atoms with van der Waals surface area (Å²) in [5.74, 6) is 1.21. The van der Waals surface area contributed by atoms with Gasteiger partial charge in [-0.25, -0.2) is 0 Å². The molecule has 4 aliphatic heterocycles. The molecule has 7 fully saturated rings. The highest BCUT2D eigenvalue weighted by molar-refractivity contribution is 5.44. The molecule has 4 aliphatic carbocycles. The van der Waals surface area contributed by atoms with E-state index in [0.717, 1.165) is 43.9 Å². The molecule has 0 spiro atoms. The maximum Gasteiger partial charge on any atom is 0.228 e. The van der Waals surface area contributed by atoms with E-state index in [0.29, 0.717) is 24.3 Å². The van der Waals surface area contributed by atoms with Gasteiger partial charge in [0.1, 0.15) is 109 Å². The van der Waals surface area contributed by atoms with E-state index in [4.69, 9.17) is 47.4 Å². The van der Waals surface area contributed by atoms with Crippen molar-refractivity contribution in [2.45, 2.75) is 201 Å². The number of allylic oxidation sites excluding steroid dienone is 1. The number of fused-ring (bicyclic) bond motifs is 5. The lowest BCUT2D eigenvalue weighted by Crippen LogP contribution is -2.62. The number of rotatable bonds is 15. The highest BCUT2D eigenvalue weighted by atomic mass is 16.7. The van der Waals surface area contributed by atoms with Crippen LogP contribution in [0.4, 0.5) is 0 Å². The average molecular weight is 1100 g/mol. The van der Waals surface area contributed by atoms with E-state index in [9.17, 15) is 71.5 Å². The molecule has 436 valence electrons. The smallest absolute Gasteiger partial charge is 0.228 e. The molecule has 0 bridgehead atoms. The van der Waals surface area contributed by atoms with E-state index >= 15 is 0 Å². The largest absolute Gasteiger partial charge is 0.497 e. The first kappa shape index (κ1) is 58.7. The second-order valence-corrected chi connectivity index (χ2v) is 22.9. The Labute approximate surface area is 445 Å². The lowest BCUT2D eigenvalue weighted by Gasteiger charge is -2.58. The maximum absolute atomic E-state index is 11.4. The summed E-state index contributed by atoms with van der Waals surface area (Å²) < 4.78 is 58.9. The predicted octanol–water partition coefficient (Wildman–Crippen LogP) is -2.51. The molecule has 77 heavy (non-hydrogen) atoms. The Morgan fingerprint density at radius 2 is 1.29 bits per heavy atom. The second kappa shape index (κ2) is 23.5. The number of methoxy groups -OCH3 is 2. The lowest BCUT2D eigenvalue weighted by molar-refractivity contribution is -0.338. The average Bonchev–Trinajstić information content (AvgIpc) is 4.01. The number of aliphatic hydroxyl groups excluding tert-OH is 14. The van der Waals surface area contributed by atoms with Gasteiger partial charge in [-0.3, -0.25) is 0 Å². The molecule has 3 saturated carbocycles. The van der Waals surface area contributed by atoms with Crippen LogP contribution >= 0.6 is 0 Å². The number of aliphatic hydroxyl groups is 14. The van der Waals surface area contributed by atoms with Crippen molar-refractivity contribution < 1.29 is 119 Å². The van der Waals surface area contributed by atoms with Crippen molar-refractivity contribution >= 4 is 0 Å². The highest BCUT2D eigenvalue weighted by Gasteiger charge is 2.63. The molecule has 28 atom stereocenters. The van der Waals surface area contributed by atoms with Gasteiger partial charge in [-0.1, -0.05) is 25.5 Å². The van der Waals surface area contributed by atoms with Gasteiger partial charge in [-0.15, -0.1) is 0 Å².